The molecule has 1 atom stereocenters. The molecule has 1 aromatic rings. The molecule has 106 valence electrons. The summed E-state index contributed by atoms with van der Waals surface area (Å²) in [6, 6.07) is 2.43. The third kappa shape index (κ3) is 3.09. The summed E-state index contributed by atoms with van der Waals surface area (Å²) in [7, 11) is 0. The van der Waals surface area contributed by atoms with E-state index in [-0.39, 0.29) is 18.3 Å². The van der Waals surface area contributed by atoms with Gasteiger partial charge >= 0.3 is 0 Å². The molecule has 0 spiro atoms. The minimum atomic E-state index is 0. The number of halogens is 1. The van der Waals surface area contributed by atoms with Crippen molar-refractivity contribution in [2.45, 2.75) is 31.7 Å². The minimum absolute atomic E-state index is 0. The van der Waals surface area contributed by atoms with Crippen LogP contribution in [0.25, 0.3) is 0 Å². The number of carbonyl (C=O) groups is 1. The highest BCUT2D eigenvalue weighted by Gasteiger charge is 2.30. The van der Waals surface area contributed by atoms with Gasteiger partial charge in [-0.1, -0.05) is 0 Å². The Bertz CT molecular complexity index is 395. The molecular weight excluding hydrogens is 264 g/mol. The van der Waals surface area contributed by atoms with E-state index < -0.39 is 0 Å². The Morgan fingerprint density at radius 1 is 1.32 bits per heavy atom. The molecule has 0 radical (unpaired) electrons. The van der Waals surface area contributed by atoms with E-state index in [1.165, 1.54) is 12.8 Å². The van der Waals surface area contributed by atoms with Crippen LogP contribution in [0, 0.1) is 5.92 Å². The lowest BCUT2D eigenvalue weighted by Crippen LogP contribution is -2.43. The van der Waals surface area contributed by atoms with Crippen molar-refractivity contribution in [3.63, 3.8) is 0 Å². The lowest BCUT2D eigenvalue weighted by Gasteiger charge is -2.34. The molecule has 19 heavy (non-hydrogen) atoms. The van der Waals surface area contributed by atoms with Gasteiger partial charge in [-0.2, -0.15) is 5.10 Å². The zero-order valence-corrected chi connectivity index (χ0v) is 11.8. The first-order valence-electron chi connectivity index (χ1n) is 6.86. The van der Waals surface area contributed by atoms with Crippen molar-refractivity contribution >= 4 is 18.3 Å². The number of nitrogens with zero attached hydrogens (tertiary/aromatic N) is 2. The van der Waals surface area contributed by atoms with E-state index in [1.54, 1.807) is 12.3 Å². The van der Waals surface area contributed by atoms with Gasteiger partial charge in [0.05, 0.1) is 0 Å². The summed E-state index contributed by atoms with van der Waals surface area (Å²) >= 11 is 0. The van der Waals surface area contributed by atoms with E-state index in [4.69, 9.17) is 0 Å². The van der Waals surface area contributed by atoms with Crippen molar-refractivity contribution in [1.29, 1.82) is 0 Å². The smallest absolute Gasteiger partial charge is 0.271 e. The molecule has 3 heterocycles. The zero-order chi connectivity index (χ0) is 12.4. The van der Waals surface area contributed by atoms with Crippen LogP contribution in [0.3, 0.4) is 0 Å². The van der Waals surface area contributed by atoms with Crippen LogP contribution in [-0.4, -0.2) is 46.7 Å². The Kier molecular flexibility index (Phi) is 4.82. The molecule has 3 rings (SSSR count). The Morgan fingerprint density at radius 3 is 2.68 bits per heavy atom. The SMILES string of the molecule is Cl.O=C(c1ccn[nH]1)N1CCC(C2CCCN2)CC1. The summed E-state index contributed by atoms with van der Waals surface area (Å²) in [5, 5.41) is 10.2. The highest BCUT2D eigenvalue weighted by atomic mass is 35.5. The number of nitrogens with one attached hydrogen (secondary N) is 2. The first-order valence-corrected chi connectivity index (χ1v) is 6.86. The van der Waals surface area contributed by atoms with Crippen LogP contribution >= 0.6 is 12.4 Å². The summed E-state index contributed by atoms with van der Waals surface area (Å²) in [6.45, 7) is 2.92. The second-order valence-corrected chi connectivity index (χ2v) is 5.30. The number of aromatic nitrogens is 2. The van der Waals surface area contributed by atoms with Gasteiger partial charge in [0.2, 0.25) is 0 Å². The number of piperidine rings is 1. The van der Waals surface area contributed by atoms with Crippen LogP contribution in [0.4, 0.5) is 0 Å². The number of hydrogen-bond donors (Lipinski definition) is 2. The summed E-state index contributed by atoms with van der Waals surface area (Å²) < 4.78 is 0. The van der Waals surface area contributed by atoms with Crippen molar-refractivity contribution in [3.05, 3.63) is 18.0 Å². The maximum Gasteiger partial charge on any atom is 0.271 e. The van der Waals surface area contributed by atoms with Crippen LogP contribution in [0.5, 0.6) is 0 Å². The van der Waals surface area contributed by atoms with Gasteiger partial charge < -0.3 is 10.2 Å². The molecule has 0 aromatic carbocycles. The molecule has 1 unspecified atom stereocenters. The Hall–Kier alpha value is -1.07. The van der Waals surface area contributed by atoms with Gasteiger partial charge in [0.15, 0.2) is 0 Å². The van der Waals surface area contributed by atoms with Crippen LogP contribution in [-0.2, 0) is 0 Å². The van der Waals surface area contributed by atoms with E-state index >= 15 is 0 Å². The molecule has 2 N–H and O–H groups in total. The topological polar surface area (TPSA) is 61.0 Å². The Balaban J connectivity index is 0.00000133. The first kappa shape index (κ1) is 14.3. The highest BCUT2D eigenvalue weighted by Crippen LogP contribution is 2.26. The number of likely N-dealkylation sites (tertiary alicyclic amines) is 1. The van der Waals surface area contributed by atoms with E-state index in [0.29, 0.717) is 11.7 Å². The second kappa shape index (κ2) is 6.39. The quantitative estimate of drug-likeness (QED) is 0.864. The number of hydrogen-bond acceptors (Lipinski definition) is 3. The van der Waals surface area contributed by atoms with E-state index in [9.17, 15) is 4.79 Å². The Labute approximate surface area is 119 Å². The van der Waals surface area contributed by atoms with Crippen molar-refractivity contribution in [2.75, 3.05) is 19.6 Å². The van der Waals surface area contributed by atoms with Crippen molar-refractivity contribution in [1.82, 2.24) is 20.4 Å². The number of carbonyl (C=O) groups excluding carboxylic acids is 1. The van der Waals surface area contributed by atoms with E-state index in [2.05, 4.69) is 15.5 Å². The normalized spacial score (nSPS) is 24.2. The second-order valence-electron chi connectivity index (χ2n) is 5.30. The molecule has 0 saturated carbocycles. The van der Waals surface area contributed by atoms with Crippen molar-refractivity contribution in [2.24, 2.45) is 5.92 Å². The van der Waals surface area contributed by atoms with Gasteiger partial charge in [-0.3, -0.25) is 9.89 Å². The van der Waals surface area contributed by atoms with E-state index in [1.807, 2.05) is 4.90 Å². The molecule has 2 aliphatic heterocycles. The maximum absolute atomic E-state index is 12.1. The average Bonchev–Trinajstić information content (AvgIpc) is 3.11. The fourth-order valence-corrected chi connectivity index (χ4v) is 3.16. The molecule has 2 fully saturated rings. The lowest BCUT2D eigenvalue weighted by molar-refractivity contribution is 0.0668. The summed E-state index contributed by atoms with van der Waals surface area (Å²) in [4.78, 5) is 14.1. The molecule has 6 heteroatoms. The van der Waals surface area contributed by atoms with Crippen LogP contribution in [0.2, 0.25) is 0 Å². The third-order valence-electron chi connectivity index (χ3n) is 4.23. The van der Waals surface area contributed by atoms with E-state index in [0.717, 1.165) is 38.4 Å². The predicted octanol–water partition coefficient (Wildman–Crippen LogP) is 1.44. The van der Waals surface area contributed by atoms with Gasteiger partial charge in [-0.15, -0.1) is 12.4 Å². The standard InChI is InChI=1S/C13H20N4O.ClH/c18-13(12-3-7-15-16-12)17-8-4-10(5-9-17)11-2-1-6-14-11;/h3,7,10-11,14H,1-2,4-6,8-9H2,(H,15,16);1H. The fourth-order valence-electron chi connectivity index (χ4n) is 3.16. The van der Waals surface area contributed by atoms with Gasteiger partial charge in [-0.05, 0) is 44.2 Å². The average molecular weight is 285 g/mol. The monoisotopic (exact) mass is 284 g/mol. The maximum atomic E-state index is 12.1. The molecule has 1 amide bonds. The molecule has 2 aliphatic rings. The largest absolute Gasteiger partial charge is 0.337 e. The number of aromatic amines is 1. The fraction of sp³-hybridized carbons (Fsp3) is 0.692. The van der Waals surface area contributed by atoms with Gasteiger partial charge in [-0.25, -0.2) is 0 Å². The molecule has 2 saturated heterocycles. The third-order valence-corrected chi connectivity index (χ3v) is 4.23. The number of rotatable bonds is 2. The van der Waals surface area contributed by atoms with Gasteiger partial charge in [0.1, 0.15) is 5.69 Å². The summed E-state index contributed by atoms with van der Waals surface area (Å²) in [5.41, 5.74) is 0.604. The summed E-state index contributed by atoms with van der Waals surface area (Å²) in [6.07, 6.45) is 6.48. The Morgan fingerprint density at radius 2 is 2.11 bits per heavy atom. The molecule has 5 nitrogen and oxygen atoms in total. The molecule has 0 aliphatic carbocycles. The van der Waals surface area contributed by atoms with Crippen molar-refractivity contribution < 1.29 is 4.79 Å². The first-order chi connectivity index (χ1) is 8.84. The zero-order valence-electron chi connectivity index (χ0n) is 11.0. The lowest BCUT2D eigenvalue weighted by atomic mass is 9.88. The molecular formula is C13H21ClN4O. The predicted molar refractivity (Wildman–Crippen MR) is 75.5 cm³/mol. The van der Waals surface area contributed by atoms with Crippen LogP contribution < -0.4 is 5.32 Å². The summed E-state index contributed by atoms with van der Waals surface area (Å²) in [5.74, 6) is 0.837. The van der Waals surface area contributed by atoms with Crippen molar-refractivity contribution in [3.8, 4) is 0 Å². The van der Waals surface area contributed by atoms with Crippen LogP contribution in [0.1, 0.15) is 36.2 Å². The number of amides is 1. The van der Waals surface area contributed by atoms with Gasteiger partial charge in [0, 0.05) is 25.3 Å². The minimum Gasteiger partial charge on any atom is -0.337 e. The molecule has 1 aromatic heterocycles. The molecule has 0 bridgehead atoms. The highest BCUT2D eigenvalue weighted by molar-refractivity contribution is 5.92. The van der Waals surface area contributed by atoms with Gasteiger partial charge in [0.25, 0.3) is 5.91 Å². The van der Waals surface area contributed by atoms with Crippen LogP contribution in [0.15, 0.2) is 12.3 Å². The number of H-pyrrole nitrogens is 1.